The maximum atomic E-state index is 10.7. The SMILES string of the molecule is Cc1nn(-c2cccc(CO)c2)cc1[N+](=O)[O-]. The molecule has 0 spiro atoms. The van der Waals surface area contributed by atoms with E-state index in [1.54, 1.807) is 31.2 Å². The highest BCUT2D eigenvalue weighted by atomic mass is 16.6. The van der Waals surface area contributed by atoms with Crippen molar-refractivity contribution < 1.29 is 10.0 Å². The van der Waals surface area contributed by atoms with Crippen LogP contribution in [0.2, 0.25) is 0 Å². The van der Waals surface area contributed by atoms with Crippen LogP contribution in [0.25, 0.3) is 5.69 Å². The van der Waals surface area contributed by atoms with E-state index < -0.39 is 4.92 Å². The first-order chi connectivity index (χ1) is 8.11. The van der Waals surface area contributed by atoms with Gasteiger partial charge in [-0.25, -0.2) is 4.68 Å². The summed E-state index contributed by atoms with van der Waals surface area (Å²) in [5.41, 5.74) is 1.77. The van der Waals surface area contributed by atoms with Gasteiger partial charge in [-0.1, -0.05) is 12.1 Å². The lowest BCUT2D eigenvalue weighted by Gasteiger charge is -2.02. The minimum Gasteiger partial charge on any atom is -0.392 e. The van der Waals surface area contributed by atoms with E-state index in [0.29, 0.717) is 11.4 Å². The Balaban J connectivity index is 2.46. The Hall–Kier alpha value is -2.21. The highest BCUT2D eigenvalue weighted by Crippen LogP contribution is 2.19. The number of aliphatic hydroxyl groups is 1. The second kappa shape index (κ2) is 4.34. The number of hydrogen-bond donors (Lipinski definition) is 1. The number of nitro groups is 1. The number of rotatable bonds is 3. The summed E-state index contributed by atoms with van der Waals surface area (Å²) in [5, 5.41) is 23.8. The van der Waals surface area contributed by atoms with Gasteiger partial charge < -0.3 is 5.11 Å². The lowest BCUT2D eigenvalue weighted by atomic mass is 10.2. The first kappa shape index (κ1) is 11.3. The molecule has 1 heterocycles. The van der Waals surface area contributed by atoms with Crippen LogP contribution in [-0.2, 0) is 6.61 Å². The van der Waals surface area contributed by atoms with E-state index in [4.69, 9.17) is 5.11 Å². The minimum atomic E-state index is -0.464. The average Bonchev–Trinajstić information content (AvgIpc) is 2.71. The minimum absolute atomic E-state index is 0.0144. The Morgan fingerprint density at radius 2 is 2.29 bits per heavy atom. The van der Waals surface area contributed by atoms with Gasteiger partial charge in [0.05, 0.1) is 17.2 Å². The van der Waals surface area contributed by atoms with Gasteiger partial charge in [-0.2, -0.15) is 5.10 Å². The maximum Gasteiger partial charge on any atom is 0.310 e. The van der Waals surface area contributed by atoms with Crippen LogP contribution in [0, 0.1) is 17.0 Å². The second-order valence-corrected chi connectivity index (χ2v) is 3.63. The molecule has 17 heavy (non-hydrogen) atoms. The first-order valence-corrected chi connectivity index (χ1v) is 5.02. The molecule has 0 bridgehead atoms. The third kappa shape index (κ3) is 2.16. The summed E-state index contributed by atoms with van der Waals surface area (Å²) in [7, 11) is 0. The van der Waals surface area contributed by atoms with Crippen LogP contribution in [0.4, 0.5) is 5.69 Å². The van der Waals surface area contributed by atoms with E-state index in [1.807, 2.05) is 0 Å². The van der Waals surface area contributed by atoms with E-state index in [1.165, 1.54) is 10.9 Å². The Labute approximate surface area is 97.3 Å². The standard InChI is InChI=1S/C11H11N3O3/c1-8-11(14(16)17)6-13(12-8)10-4-2-3-9(5-10)7-15/h2-6,15H,7H2,1H3. The van der Waals surface area contributed by atoms with E-state index in [0.717, 1.165) is 5.56 Å². The predicted octanol–water partition coefficient (Wildman–Crippen LogP) is 1.58. The lowest BCUT2D eigenvalue weighted by Crippen LogP contribution is -1.96. The molecule has 2 rings (SSSR count). The summed E-state index contributed by atoms with van der Waals surface area (Å²) in [6.07, 6.45) is 1.37. The van der Waals surface area contributed by atoms with Crippen molar-refractivity contribution in [3.05, 3.63) is 51.8 Å². The largest absolute Gasteiger partial charge is 0.392 e. The van der Waals surface area contributed by atoms with Gasteiger partial charge in [0, 0.05) is 0 Å². The van der Waals surface area contributed by atoms with Gasteiger partial charge in [0.15, 0.2) is 0 Å². The first-order valence-electron chi connectivity index (χ1n) is 5.02. The molecule has 0 aliphatic rings. The molecule has 0 unspecified atom stereocenters. The second-order valence-electron chi connectivity index (χ2n) is 3.63. The van der Waals surface area contributed by atoms with Crippen molar-refractivity contribution in [1.29, 1.82) is 0 Å². The molecular weight excluding hydrogens is 222 g/mol. The molecule has 6 heteroatoms. The van der Waals surface area contributed by atoms with Crippen LogP contribution in [0.15, 0.2) is 30.5 Å². The molecule has 88 valence electrons. The normalized spacial score (nSPS) is 10.5. The molecule has 0 atom stereocenters. The Morgan fingerprint density at radius 1 is 1.53 bits per heavy atom. The van der Waals surface area contributed by atoms with Crippen molar-refractivity contribution in [2.45, 2.75) is 13.5 Å². The van der Waals surface area contributed by atoms with Gasteiger partial charge in [0.2, 0.25) is 0 Å². The van der Waals surface area contributed by atoms with Crippen LogP contribution in [0.3, 0.4) is 0 Å². The van der Waals surface area contributed by atoms with Gasteiger partial charge in [-0.15, -0.1) is 0 Å². The van der Waals surface area contributed by atoms with Gasteiger partial charge in [0.1, 0.15) is 11.9 Å². The van der Waals surface area contributed by atoms with Crippen LogP contribution >= 0.6 is 0 Å². The summed E-state index contributed by atoms with van der Waals surface area (Å²) in [6.45, 7) is 1.51. The van der Waals surface area contributed by atoms with Crippen molar-refractivity contribution in [2.24, 2.45) is 0 Å². The summed E-state index contributed by atoms with van der Waals surface area (Å²) >= 11 is 0. The predicted molar refractivity (Wildman–Crippen MR) is 60.9 cm³/mol. The zero-order valence-corrected chi connectivity index (χ0v) is 9.20. The zero-order valence-electron chi connectivity index (χ0n) is 9.20. The van der Waals surface area contributed by atoms with Gasteiger partial charge in [0.25, 0.3) is 0 Å². The number of nitrogens with zero attached hydrogens (tertiary/aromatic N) is 3. The van der Waals surface area contributed by atoms with Crippen LogP contribution in [0.1, 0.15) is 11.3 Å². The Kier molecular flexibility index (Phi) is 2.88. The molecular formula is C11H11N3O3. The number of aryl methyl sites for hydroxylation is 1. The topological polar surface area (TPSA) is 81.2 Å². The zero-order chi connectivity index (χ0) is 12.4. The fraction of sp³-hybridized carbons (Fsp3) is 0.182. The fourth-order valence-corrected chi connectivity index (χ4v) is 1.56. The van der Waals surface area contributed by atoms with Crippen LogP contribution in [0.5, 0.6) is 0 Å². The molecule has 0 aliphatic heterocycles. The monoisotopic (exact) mass is 233 g/mol. The van der Waals surface area contributed by atoms with E-state index in [9.17, 15) is 10.1 Å². The summed E-state index contributed by atoms with van der Waals surface area (Å²) < 4.78 is 1.44. The van der Waals surface area contributed by atoms with Crippen molar-refractivity contribution in [3.63, 3.8) is 0 Å². The summed E-state index contributed by atoms with van der Waals surface area (Å²) in [4.78, 5) is 10.2. The summed E-state index contributed by atoms with van der Waals surface area (Å²) in [6, 6.07) is 7.05. The molecule has 0 radical (unpaired) electrons. The Morgan fingerprint density at radius 3 is 2.88 bits per heavy atom. The molecule has 0 fully saturated rings. The van der Waals surface area contributed by atoms with Crippen molar-refractivity contribution in [2.75, 3.05) is 0 Å². The molecule has 0 aliphatic carbocycles. The molecule has 2 aromatic rings. The van der Waals surface area contributed by atoms with Gasteiger partial charge >= 0.3 is 5.69 Å². The van der Waals surface area contributed by atoms with Crippen LogP contribution < -0.4 is 0 Å². The molecule has 6 nitrogen and oxygen atoms in total. The molecule has 1 N–H and O–H groups in total. The number of benzene rings is 1. The Bertz CT molecular complexity index is 563. The highest BCUT2D eigenvalue weighted by Gasteiger charge is 2.15. The molecule has 0 saturated heterocycles. The third-order valence-corrected chi connectivity index (χ3v) is 2.43. The van der Waals surface area contributed by atoms with Gasteiger partial charge in [-0.05, 0) is 24.6 Å². The van der Waals surface area contributed by atoms with E-state index >= 15 is 0 Å². The molecule has 0 saturated carbocycles. The lowest BCUT2D eigenvalue weighted by molar-refractivity contribution is -0.385. The highest BCUT2D eigenvalue weighted by molar-refractivity contribution is 5.40. The van der Waals surface area contributed by atoms with E-state index in [2.05, 4.69) is 5.10 Å². The number of aliphatic hydroxyl groups excluding tert-OH is 1. The van der Waals surface area contributed by atoms with Crippen molar-refractivity contribution >= 4 is 5.69 Å². The van der Waals surface area contributed by atoms with Crippen molar-refractivity contribution in [1.82, 2.24) is 9.78 Å². The quantitative estimate of drug-likeness (QED) is 0.644. The number of aromatic nitrogens is 2. The van der Waals surface area contributed by atoms with E-state index in [-0.39, 0.29) is 12.3 Å². The third-order valence-electron chi connectivity index (χ3n) is 2.43. The molecule has 1 aromatic carbocycles. The van der Waals surface area contributed by atoms with Crippen molar-refractivity contribution in [3.8, 4) is 5.69 Å². The average molecular weight is 233 g/mol. The molecule has 0 amide bonds. The molecule has 1 aromatic heterocycles. The smallest absolute Gasteiger partial charge is 0.310 e. The van der Waals surface area contributed by atoms with Gasteiger partial charge in [-0.3, -0.25) is 10.1 Å². The number of hydrogen-bond acceptors (Lipinski definition) is 4. The summed E-state index contributed by atoms with van der Waals surface area (Å²) in [5.74, 6) is 0. The van der Waals surface area contributed by atoms with Crippen LogP contribution in [-0.4, -0.2) is 19.8 Å². The fourth-order valence-electron chi connectivity index (χ4n) is 1.56. The maximum absolute atomic E-state index is 10.7.